The number of hydrogen-bond acceptors (Lipinski definition) is 4. The van der Waals surface area contributed by atoms with Crippen LogP contribution in [-0.2, 0) is 4.74 Å². The molecule has 4 heteroatoms. The molecule has 2 heterocycles. The van der Waals surface area contributed by atoms with Crippen molar-refractivity contribution >= 4 is 0 Å². The van der Waals surface area contributed by atoms with Crippen molar-refractivity contribution in [3.63, 3.8) is 0 Å². The van der Waals surface area contributed by atoms with Crippen LogP contribution in [0.2, 0.25) is 0 Å². The third kappa shape index (κ3) is 3.41. The third-order valence-corrected chi connectivity index (χ3v) is 2.80. The fraction of sp³-hybridized carbons (Fsp3) is 0.615. The average molecular weight is 236 g/mol. The fourth-order valence-corrected chi connectivity index (χ4v) is 1.97. The van der Waals surface area contributed by atoms with Gasteiger partial charge in [-0.2, -0.15) is 0 Å². The lowest BCUT2D eigenvalue weighted by Gasteiger charge is -2.36. The standard InChI is InChI=1S/C13H20N2O2/c1-10-6-14-5-4-12(10)16-8-11-7-15-9-13(2,3)17-11/h4-6,11,15H,7-9H2,1-3H3. The summed E-state index contributed by atoms with van der Waals surface area (Å²) in [5, 5.41) is 3.36. The molecule has 0 saturated carbocycles. The molecule has 1 aromatic rings. The number of morpholine rings is 1. The third-order valence-electron chi connectivity index (χ3n) is 2.80. The van der Waals surface area contributed by atoms with Crippen LogP contribution in [-0.4, -0.2) is 36.4 Å². The van der Waals surface area contributed by atoms with Crippen molar-refractivity contribution in [3.05, 3.63) is 24.0 Å². The zero-order valence-electron chi connectivity index (χ0n) is 10.7. The highest BCUT2D eigenvalue weighted by Crippen LogP contribution is 2.18. The monoisotopic (exact) mass is 236 g/mol. The van der Waals surface area contributed by atoms with Gasteiger partial charge >= 0.3 is 0 Å². The first-order valence-corrected chi connectivity index (χ1v) is 5.99. The Bertz CT molecular complexity index is 379. The summed E-state index contributed by atoms with van der Waals surface area (Å²) in [6.45, 7) is 8.46. The van der Waals surface area contributed by atoms with Crippen molar-refractivity contribution in [1.82, 2.24) is 10.3 Å². The molecule has 0 spiro atoms. The zero-order valence-corrected chi connectivity index (χ0v) is 10.7. The van der Waals surface area contributed by atoms with Crippen LogP contribution in [0.3, 0.4) is 0 Å². The molecule has 1 aliphatic heterocycles. The number of ether oxygens (including phenoxy) is 2. The predicted molar refractivity (Wildman–Crippen MR) is 66.3 cm³/mol. The van der Waals surface area contributed by atoms with E-state index in [2.05, 4.69) is 24.1 Å². The second-order valence-electron chi connectivity index (χ2n) is 5.08. The van der Waals surface area contributed by atoms with E-state index in [-0.39, 0.29) is 11.7 Å². The molecular weight excluding hydrogens is 216 g/mol. The molecule has 1 N–H and O–H groups in total. The molecule has 0 aliphatic carbocycles. The highest BCUT2D eigenvalue weighted by Gasteiger charge is 2.28. The topological polar surface area (TPSA) is 43.4 Å². The van der Waals surface area contributed by atoms with Gasteiger partial charge in [0.2, 0.25) is 0 Å². The van der Waals surface area contributed by atoms with Crippen LogP contribution in [0.1, 0.15) is 19.4 Å². The maximum atomic E-state index is 5.93. The first-order chi connectivity index (χ1) is 8.07. The molecule has 0 aromatic carbocycles. The summed E-state index contributed by atoms with van der Waals surface area (Å²) < 4.78 is 11.7. The van der Waals surface area contributed by atoms with Gasteiger partial charge < -0.3 is 14.8 Å². The molecule has 1 aliphatic rings. The fourth-order valence-electron chi connectivity index (χ4n) is 1.97. The highest BCUT2D eigenvalue weighted by atomic mass is 16.5. The molecular formula is C13H20N2O2. The Labute approximate surface area is 102 Å². The normalized spacial score (nSPS) is 23.4. The van der Waals surface area contributed by atoms with E-state index in [4.69, 9.17) is 9.47 Å². The van der Waals surface area contributed by atoms with Gasteiger partial charge in [-0.05, 0) is 26.8 Å². The number of aryl methyl sites for hydroxylation is 1. The van der Waals surface area contributed by atoms with E-state index in [0.29, 0.717) is 6.61 Å². The van der Waals surface area contributed by atoms with Gasteiger partial charge in [-0.15, -0.1) is 0 Å². The van der Waals surface area contributed by atoms with E-state index in [1.54, 1.807) is 12.4 Å². The molecule has 1 atom stereocenters. The van der Waals surface area contributed by atoms with Gasteiger partial charge in [-0.25, -0.2) is 0 Å². The summed E-state index contributed by atoms with van der Waals surface area (Å²) in [4.78, 5) is 4.04. The summed E-state index contributed by atoms with van der Waals surface area (Å²) in [7, 11) is 0. The Balaban J connectivity index is 1.88. The number of nitrogens with one attached hydrogen (secondary N) is 1. The number of rotatable bonds is 3. The van der Waals surface area contributed by atoms with Crippen LogP contribution < -0.4 is 10.1 Å². The van der Waals surface area contributed by atoms with Crippen LogP contribution >= 0.6 is 0 Å². The first kappa shape index (κ1) is 12.3. The molecule has 94 valence electrons. The van der Waals surface area contributed by atoms with E-state index in [1.807, 2.05) is 13.0 Å². The van der Waals surface area contributed by atoms with Crippen molar-refractivity contribution in [2.45, 2.75) is 32.5 Å². The van der Waals surface area contributed by atoms with Crippen LogP contribution in [0, 0.1) is 6.92 Å². The largest absolute Gasteiger partial charge is 0.490 e. The number of aromatic nitrogens is 1. The molecule has 2 rings (SSSR count). The van der Waals surface area contributed by atoms with Crippen molar-refractivity contribution in [3.8, 4) is 5.75 Å². The van der Waals surface area contributed by atoms with Gasteiger partial charge in [0.15, 0.2) is 0 Å². The van der Waals surface area contributed by atoms with Gasteiger partial charge in [0.1, 0.15) is 18.5 Å². The van der Waals surface area contributed by atoms with Crippen LogP contribution in [0.5, 0.6) is 5.75 Å². The Morgan fingerprint density at radius 1 is 1.59 bits per heavy atom. The molecule has 1 saturated heterocycles. The maximum absolute atomic E-state index is 5.93. The van der Waals surface area contributed by atoms with Crippen molar-refractivity contribution in [2.75, 3.05) is 19.7 Å². The Hall–Kier alpha value is -1.13. The molecule has 1 unspecified atom stereocenters. The quantitative estimate of drug-likeness (QED) is 0.864. The van der Waals surface area contributed by atoms with Crippen LogP contribution in [0.25, 0.3) is 0 Å². The van der Waals surface area contributed by atoms with E-state index in [9.17, 15) is 0 Å². The van der Waals surface area contributed by atoms with Gasteiger partial charge in [0.25, 0.3) is 0 Å². The van der Waals surface area contributed by atoms with Crippen LogP contribution in [0.4, 0.5) is 0 Å². The first-order valence-electron chi connectivity index (χ1n) is 5.99. The second kappa shape index (κ2) is 5.02. The van der Waals surface area contributed by atoms with Crippen molar-refractivity contribution in [1.29, 1.82) is 0 Å². The van der Waals surface area contributed by atoms with Crippen molar-refractivity contribution < 1.29 is 9.47 Å². The Kier molecular flexibility index (Phi) is 3.64. The second-order valence-corrected chi connectivity index (χ2v) is 5.08. The van der Waals surface area contributed by atoms with Gasteiger partial charge in [-0.3, -0.25) is 4.98 Å². The molecule has 0 radical (unpaired) electrons. The predicted octanol–water partition coefficient (Wildman–Crippen LogP) is 1.54. The number of nitrogens with zero attached hydrogens (tertiary/aromatic N) is 1. The Morgan fingerprint density at radius 3 is 3.12 bits per heavy atom. The number of pyridine rings is 1. The highest BCUT2D eigenvalue weighted by molar-refractivity contribution is 5.28. The molecule has 1 aromatic heterocycles. The maximum Gasteiger partial charge on any atom is 0.125 e. The lowest BCUT2D eigenvalue weighted by Crippen LogP contribution is -2.52. The summed E-state index contributed by atoms with van der Waals surface area (Å²) in [5.74, 6) is 0.881. The van der Waals surface area contributed by atoms with E-state index in [0.717, 1.165) is 24.4 Å². The smallest absolute Gasteiger partial charge is 0.125 e. The number of hydrogen-bond donors (Lipinski definition) is 1. The molecule has 0 amide bonds. The zero-order chi connectivity index (χ0) is 12.3. The summed E-state index contributed by atoms with van der Waals surface area (Å²) in [5.41, 5.74) is 0.940. The molecule has 1 fully saturated rings. The average Bonchev–Trinajstić information content (AvgIpc) is 2.27. The molecule has 0 bridgehead atoms. The van der Waals surface area contributed by atoms with Gasteiger partial charge in [0, 0.05) is 31.0 Å². The molecule has 17 heavy (non-hydrogen) atoms. The van der Waals surface area contributed by atoms with E-state index < -0.39 is 0 Å². The lowest BCUT2D eigenvalue weighted by atomic mass is 10.1. The van der Waals surface area contributed by atoms with Crippen LogP contribution in [0.15, 0.2) is 18.5 Å². The minimum atomic E-state index is -0.112. The van der Waals surface area contributed by atoms with Gasteiger partial charge in [0.05, 0.1) is 5.60 Å². The SMILES string of the molecule is Cc1cnccc1OCC1CNCC(C)(C)O1. The minimum Gasteiger partial charge on any atom is -0.490 e. The van der Waals surface area contributed by atoms with E-state index in [1.165, 1.54) is 0 Å². The summed E-state index contributed by atoms with van der Waals surface area (Å²) in [6, 6.07) is 1.89. The lowest BCUT2D eigenvalue weighted by molar-refractivity contribution is -0.107. The summed E-state index contributed by atoms with van der Waals surface area (Å²) in [6.07, 6.45) is 3.65. The minimum absolute atomic E-state index is 0.103. The molecule has 4 nitrogen and oxygen atoms in total. The Morgan fingerprint density at radius 2 is 2.41 bits per heavy atom. The van der Waals surface area contributed by atoms with E-state index >= 15 is 0 Å². The van der Waals surface area contributed by atoms with Crippen molar-refractivity contribution in [2.24, 2.45) is 0 Å². The van der Waals surface area contributed by atoms with Gasteiger partial charge in [-0.1, -0.05) is 0 Å². The summed E-state index contributed by atoms with van der Waals surface area (Å²) >= 11 is 0.